The van der Waals surface area contributed by atoms with E-state index in [0.29, 0.717) is 12.2 Å². The van der Waals surface area contributed by atoms with E-state index in [0.717, 1.165) is 63.1 Å². The molecule has 1 unspecified atom stereocenters. The number of fused-ring (bicyclic) bond motifs is 1. The third kappa shape index (κ3) is 7.31. The number of piperidine rings is 1. The summed E-state index contributed by atoms with van der Waals surface area (Å²) < 4.78 is 0. The second-order valence-corrected chi connectivity index (χ2v) is 11.4. The molecule has 0 amide bonds. The van der Waals surface area contributed by atoms with E-state index in [2.05, 4.69) is 76.5 Å². The molecule has 0 aromatic heterocycles. The maximum atomic E-state index is 13.6. The van der Waals surface area contributed by atoms with E-state index in [-0.39, 0.29) is 5.92 Å². The monoisotopic (exact) mass is 514 g/mol. The van der Waals surface area contributed by atoms with Crippen LogP contribution in [0.4, 0.5) is 0 Å². The normalized spacial score (nSPS) is 19.3. The molecule has 0 radical (unpaired) electrons. The maximum Gasteiger partial charge on any atom is 0.141 e. The SMILES string of the molecule is O=C(CCCC1CCN(Cc2cccc(Cl)c2)CC1)C1CN(Cc2ccccc2)CCc2ccccc21. The van der Waals surface area contributed by atoms with Crippen molar-refractivity contribution in [2.45, 2.75) is 57.5 Å². The zero-order valence-corrected chi connectivity index (χ0v) is 22.6. The molecule has 0 aliphatic carbocycles. The van der Waals surface area contributed by atoms with Crippen molar-refractivity contribution in [2.75, 3.05) is 26.2 Å². The topological polar surface area (TPSA) is 23.6 Å². The van der Waals surface area contributed by atoms with Gasteiger partial charge >= 0.3 is 0 Å². The summed E-state index contributed by atoms with van der Waals surface area (Å²) in [6.07, 6.45) is 6.34. The van der Waals surface area contributed by atoms with Crippen LogP contribution in [0.15, 0.2) is 78.9 Å². The molecule has 0 bridgehead atoms. The highest BCUT2D eigenvalue weighted by Gasteiger charge is 2.28. The lowest BCUT2D eigenvalue weighted by Crippen LogP contribution is -2.33. The van der Waals surface area contributed by atoms with Gasteiger partial charge in [-0.3, -0.25) is 14.6 Å². The van der Waals surface area contributed by atoms with Crippen LogP contribution < -0.4 is 0 Å². The average Bonchev–Trinajstić information content (AvgIpc) is 3.10. The zero-order chi connectivity index (χ0) is 25.5. The molecule has 1 atom stereocenters. The first-order chi connectivity index (χ1) is 18.1. The van der Waals surface area contributed by atoms with Gasteiger partial charge in [-0.25, -0.2) is 0 Å². The highest BCUT2D eigenvalue weighted by molar-refractivity contribution is 6.30. The van der Waals surface area contributed by atoms with Crippen molar-refractivity contribution in [3.63, 3.8) is 0 Å². The first-order valence-electron chi connectivity index (χ1n) is 14.0. The highest BCUT2D eigenvalue weighted by atomic mass is 35.5. The molecule has 2 heterocycles. The Morgan fingerprint density at radius 2 is 1.54 bits per heavy atom. The predicted molar refractivity (Wildman–Crippen MR) is 153 cm³/mol. The molecular formula is C33H39ClN2O. The molecule has 5 rings (SSSR count). The van der Waals surface area contributed by atoms with E-state index in [4.69, 9.17) is 11.6 Å². The number of nitrogens with zero attached hydrogens (tertiary/aromatic N) is 2. The quantitative estimate of drug-likeness (QED) is 0.303. The van der Waals surface area contributed by atoms with E-state index >= 15 is 0 Å². The fraction of sp³-hybridized carbons (Fsp3) is 0.424. The summed E-state index contributed by atoms with van der Waals surface area (Å²) in [5, 5.41) is 0.816. The standard InChI is InChI=1S/C33H39ClN2O/c34-30-13-6-11-28(22-30)24-35-19-16-26(17-20-35)10-7-15-33(37)32-25-36(23-27-8-2-1-3-9-27)21-18-29-12-4-5-14-31(29)32/h1-6,8-9,11-14,22,26,32H,7,10,15-21,23-25H2. The van der Waals surface area contributed by atoms with Crippen LogP contribution in [-0.4, -0.2) is 41.8 Å². The second-order valence-electron chi connectivity index (χ2n) is 10.9. The van der Waals surface area contributed by atoms with Crippen molar-refractivity contribution in [1.82, 2.24) is 9.80 Å². The fourth-order valence-electron chi connectivity index (χ4n) is 6.15. The van der Waals surface area contributed by atoms with E-state index in [1.54, 1.807) is 0 Å². The minimum Gasteiger partial charge on any atom is -0.299 e. The number of rotatable bonds is 9. The van der Waals surface area contributed by atoms with Crippen molar-refractivity contribution < 1.29 is 4.79 Å². The second kappa shape index (κ2) is 12.9. The molecule has 4 heteroatoms. The Balaban J connectivity index is 1.12. The van der Waals surface area contributed by atoms with Gasteiger partial charge in [-0.15, -0.1) is 0 Å². The lowest BCUT2D eigenvalue weighted by Gasteiger charge is -2.32. The molecule has 37 heavy (non-hydrogen) atoms. The third-order valence-electron chi connectivity index (χ3n) is 8.24. The largest absolute Gasteiger partial charge is 0.299 e. The molecule has 0 N–H and O–H groups in total. The van der Waals surface area contributed by atoms with E-state index < -0.39 is 0 Å². The number of hydrogen-bond donors (Lipinski definition) is 0. The van der Waals surface area contributed by atoms with Gasteiger partial charge in [-0.1, -0.05) is 78.3 Å². The molecule has 3 nitrogen and oxygen atoms in total. The number of likely N-dealkylation sites (tertiary alicyclic amines) is 1. The van der Waals surface area contributed by atoms with Crippen molar-refractivity contribution in [3.05, 3.63) is 106 Å². The Hall–Kier alpha value is -2.46. The van der Waals surface area contributed by atoms with Gasteiger partial charge in [0.25, 0.3) is 0 Å². The summed E-state index contributed by atoms with van der Waals surface area (Å²) in [6.45, 7) is 5.99. The average molecular weight is 515 g/mol. The Labute approximate surface area is 227 Å². The van der Waals surface area contributed by atoms with Crippen LogP contribution in [0.2, 0.25) is 5.02 Å². The molecule has 0 saturated carbocycles. The first kappa shape index (κ1) is 26.2. The van der Waals surface area contributed by atoms with Gasteiger partial charge in [0.15, 0.2) is 0 Å². The van der Waals surface area contributed by atoms with Crippen LogP contribution in [0.25, 0.3) is 0 Å². The zero-order valence-electron chi connectivity index (χ0n) is 21.8. The lowest BCUT2D eigenvalue weighted by molar-refractivity contribution is -0.121. The Kier molecular flexibility index (Phi) is 9.10. The number of halogens is 1. The molecule has 2 aliphatic rings. The Morgan fingerprint density at radius 3 is 2.35 bits per heavy atom. The van der Waals surface area contributed by atoms with Crippen molar-refractivity contribution in [2.24, 2.45) is 5.92 Å². The maximum absolute atomic E-state index is 13.6. The molecule has 1 fully saturated rings. The molecule has 0 spiro atoms. The number of hydrogen-bond acceptors (Lipinski definition) is 3. The van der Waals surface area contributed by atoms with Gasteiger partial charge in [0.1, 0.15) is 5.78 Å². The minimum absolute atomic E-state index is 0.0121. The fourth-order valence-corrected chi connectivity index (χ4v) is 6.37. The number of ketones is 1. The van der Waals surface area contributed by atoms with Crippen LogP contribution in [-0.2, 0) is 24.3 Å². The summed E-state index contributed by atoms with van der Waals surface area (Å²) in [5.41, 5.74) is 5.23. The molecule has 2 aliphatic heterocycles. The summed E-state index contributed by atoms with van der Waals surface area (Å²) >= 11 is 6.16. The number of carbonyl (C=O) groups excluding carboxylic acids is 1. The van der Waals surface area contributed by atoms with Gasteiger partial charge in [0, 0.05) is 37.6 Å². The molecule has 194 valence electrons. The van der Waals surface area contributed by atoms with E-state index in [1.165, 1.54) is 41.5 Å². The van der Waals surface area contributed by atoms with Crippen molar-refractivity contribution in [1.29, 1.82) is 0 Å². The van der Waals surface area contributed by atoms with Crippen LogP contribution >= 0.6 is 11.6 Å². The summed E-state index contributed by atoms with van der Waals surface area (Å²) in [7, 11) is 0. The number of carbonyl (C=O) groups is 1. The predicted octanol–water partition coefficient (Wildman–Crippen LogP) is 7.13. The van der Waals surface area contributed by atoms with Gasteiger partial charge in [-0.2, -0.15) is 0 Å². The summed E-state index contributed by atoms with van der Waals surface area (Å²) in [4.78, 5) is 18.6. The Morgan fingerprint density at radius 1 is 0.811 bits per heavy atom. The van der Waals surface area contributed by atoms with Gasteiger partial charge in [0.05, 0.1) is 5.92 Å². The molecular weight excluding hydrogens is 476 g/mol. The van der Waals surface area contributed by atoms with Gasteiger partial charge in [0.2, 0.25) is 0 Å². The van der Waals surface area contributed by atoms with Crippen LogP contribution in [0.3, 0.4) is 0 Å². The van der Waals surface area contributed by atoms with Crippen LogP contribution in [0, 0.1) is 5.92 Å². The lowest BCUT2D eigenvalue weighted by atomic mass is 9.86. The third-order valence-corrected chi connectivity index (χ3v) is 8.48. The number of Topliss-reactive ketones (excluding diaryl/α,β-unsaturated/α-hetero) is 1. The van der Waals surface area contributed by atoms with E-state index in [1.807, 2.05) is 12.1 Å². The first-order valence-corrected chi connectivity index (χ1v) is 14.4. The van der Waals surface area contributed by atoms with Crippen molar-refractivity contribution in [3.8, 4) is 0 Å². The van der Waals surface area contributed by atoms with Crippen LogP contribution in [0.1, 0.15) is 60.3 Å². The molecule has 1 saturated heterocycles. The highest BCUT2D eigenvalue weighted by Crippen LogP contribution is 2.30. The van der Waals surface area contributed by atoms with Crippen LogP contribution in [0.5, 0.6) is 0 Å². The van der Waals surface area contributed by atoms with E-state index in [9.17, 15) is 4.79 Å². The Bertz CT molecular complexity index is 1160. The summed E-state index contributed by atoms with van der Waals surface area (Å²) in [5.74, 6) is 1.15. The van der Waals surface area contributed by atoms with Gasteiger partial charge in [-0.05, 0) is 85.5 Å². The molecule has 3 aromatic carbocycles. The smallest absolute Gasteiger partial charge is 0.141 e. The van der Waals surface area contributed by atoms with Crippen molar-refractivity contribution >= 4 is 17.4 Å². The molecule has 3 aromatic rings. The van der Waals surface area contributed by atoms with Gasteiger partial charge < -0.3 is 0 Å². The minimum atomic E-state index is -0.0121. The summed E-state index contributed by atoms with van der Waals surface area (Å²) in [6, 6.07) is 27.5. The number of benzene rings is 3.